The first-order valence-corrected chi connectivity index (χ1v) is 7.49. The average Bonchev–Trinajstić information content (AvgIpc) is 2.90. The van der Waals surface area contributed by atoms with Crippen LogP contribution in [0.15, 0.2) is 30.3 Å². The molecule has 2 atom stereocenters. The van der Waals surface area contributed by atoms with Crippen molar-refractivity contribution in [3.63, 3.8) is 0 Å². The molecule has 1 aromatic rings. The Hall–Kier alpha value is -0.820. The lowest BCUT2D eigenvalue weighted by molar-refractivity contribution is 0.303. The molecule has 0 saturated heterocycles. The van der Waals surface area contributed by atoms with Gasteiger partial charge in [-0.3, -0.25) is 0 Å². The quantitative estimate of drug-likeness (QED) is 0.802. The Balaban J connectivity index is 2.02. The van der Waals surface area contributed by atoms with E-state index in [-0.39, 0.29) is 0 Å². The van der Waals surface area contributed by atoms with Crippen LogP contribution in [0.3, 0.4) is 0 Å². The fourth-order valence-electron chi connectivity index (χ4n) is 3.21. The van der Waals surface area contributed by atoms with Crippen LogP contribution < -0.4 is 5.32 Å². The zero-order valence-corrected chi connectivity index (χ0v) is 12.0. The van der Waals surface area contributed by atoms with Gasteiger partial charge in [0.2, 0.25) is 0 Å². The second kappa shape index (κ2) is 6.38. The molecule has 0 aliphatic heterocycles. The summed E-state index contributed by atoms with van der Waals surface area (Å²) in [5.41, 5.74) is 1.43. The lowest BCUT2D eigenvalue weighted by atomic mass is 9.92. The SMILES string of the molecule is CC(C)C(N[C@H](C)C1CCCC1)c1ccccc1. The maximum Gasteiger partial charge on any atom is 0.0345 e. The fraction of sp³-hybridized carbons (Fsp3) is 0.647. The highest BCUT2D eigenvalue weighted by Crippen LogP contribution is 2.30. The van der Waals surface area contributed by atoms with Gasteiger partial charge in [-0.2, -0.15) is 0 Å². The molecule has 0 radical (unpaired) electrons. The van der Waals surface area contributed by atoms with E-state index in [4.69, 9.17) is 0 Å². The molecular formula is C17H27N. The summed E-state index contributed by atoms with van der Waals surface area (Å²) in [6, 6.07) is 12.0. The summed E-state index contributed by atoms with van der Waals surface area (Å²) in [6.45, 7) is 6.99. The molecule has 0 bridgehead atoms. The molecule has 2 rings (SSSR count). The van der Waals surface area contributed by atoms with Crippen LogP contribution in [0.5, 0.6) is 0 Å². The molecule has 1 fully saturated rings. The molecule has 1 nitrogen and oxygen atoms in total. The number of benzene rings is 1. The minimum atomic E-state index is 0.488. The van der Waals surface area contributed by atoms with E-state index in [1.54, 1.807) is 0 Å². The molecule has 1 aliphatic rings. The van der Waals surface area contributed by atoms with Crippen LogP contribution in [0.4, 0.5) is 0 Å². The first-order valence-electron chi connectivity index (χ1n) is 7.49. The van der Waals surface area contributed by atoms with Crippen molar-refractivity contribution >= 4 is 0 Å². The summed E-state index contributed by atoms with van der Waals surface area (Å²) < 4.78 is 0. The largest absolute Gasteiger partial charge is 0.307 e. The van der Waals surface area contributed by atoms with Gasteiger partial charge in [0, 0.05) is 12.1 Å². The normalized spacial score (nSPS) is 20.2. The topological polar surface area (TPSA) is 12.0 Å². The summed E-state index contributed by atoms with van der Waals surface area (Å²) in [5, 5.41) is 3.87. The highest BCUT2D eigenvalue weighted by Gasteiger charge is 2.25. The Labute approximate surface area is 112 Å². The molecule has 0 aromatic heterocycles. The summed E-state index contributed by atoms with van der Waals surface area (Å²) in [7, 11) is 0. The molecule has 1 unspecified atom stereocenters. The van der Waals surface area contributed by atoms with Crippen LogP contribution in [-0.2, 0) is 0 Å². The Bertz CT molecular complexity index is 338. The van der Waals surface area contributed by atoms with Crippen molar-refractivity contribution in [3.8, 4) is 0 Å². The summed E-state index contributed by atoms with van der Waals surface area (Å²) >= 11 is 0. The maximum atomic E-state index is 3.87. The number of rotatable bonds is 5. The molecular weight excluding hydrogens is 218 g/mol. The van der Waals surface area contributed by atoms with Crippen molar-refractivity contribution in [2.75, 3.05) is 0 Å². The van der Waals surface area contributed by atoms with Crippen LogP contribution in [0.2, 0.25) is 0 Å². The average molecular weight is 245 g/mol. The van der Waals surface area contributed by atoms with Crippen LogP contribution in [0, 0.1) is 11.8 Å². The van der Waals surface area contributed by atoms with E-state index >= 15 is 0 Å². The van der Waals surface area contributed by atoms with Crippen molar-refractivity contribution in [2.45, 2.75) is 58.5 Å². The number of hydrogen-bond donors (Lipinski definition) is 1. The van der Waals surface area contributed by atoms with Crippen molar-refractivity contribution in [2.24, 2.45) is 11.8 Å². The molecule has 0 spiro atoms. The van der Waals surface area contributed by atoms with E-state index in [0.717, 1.165) is 5.92 Å². The van der Waals surface area contributed by atoms with Crippen molar-refractivity contribution in [1.82, 2.24) is 5.32 Å². The van der Waals surface area contributed by atoms with Gasteiger partial charge in [0.25, 0.3) is 0 Å². The summed E-state index contributed by atoms with van der Waals surface area (Å²) in [5.74, 6) is 1.52. The third kappa shape index (κ3) is 3.35. The summed E-state index contributed by atoms with van der Waals surface area (Å²) in [6.07, 6.45) is 5.67. The molecule has 0 amide bonds. The Kier molecular flexibility index (Phi) is 4.82. The Morgan fingerprint density at radius 1 is 1.00 bits per heavy atom. The van der Waals surface area contributed by atoms with Gasteiger partial charge in [-0.1, -0.05) is 57.0 Å². The van der Waals surface area contributed by atoms with Crippen molar-refractivity contribution < 1.29 is 0 Å². The van der Waals surface area contributed by atoms with Crippen molar-refractivity contribution in [3.05, 3.63) is 35.9 Å². The predicted octanol–water partition coefficient (Wildman–Crippen LogP) is 4.55. The number of hydrogen-bond acceptors (Lipinski definition) is 1. The van der Waals surface area contributed by atoms with Gasteiger partial charge in [-0.15, -0.1) is 0 Å². The zero-order valence-electron chi connectivity index (χ0n) is 12.0. The molecule has 1 aliphatic carbocycles. The first-order chi connectivity index (χ1) is 8.68. The van der Waals surface area contributed by atoms with Gasteiger partial charge < -0.3 is 5.32 Å². The summed E-state index contributed by atoms with van der Waals surface area (Å²) in [4.78, 5) is 0. The van der Waals surface area contributed by atoms with Crippen LogP contribution in [0.25, 0.3) is 0 Å². The molecule has 100 valence electrons. The molecule has 1 saturated carbocycles. The van der Waals surface area contributed by atoms with Crippen LogP contribution >= 0.6 is 0 Å². The van der Waals surface area contributed by atoms with Crippen LogP contribution in [-0.4, -0.2) is 6.04 Å². The van der Waals surface area contributed by atoms with Gasteiger partial charge in [0.15, 0.2) is 0 Å². The third-order valence-electron chi connectivity index (χ3n) is 4.37. The van der Waals surface area contributed by atoms with E-state index in [1.165, 1.54) is 31.2 Å². The van der Waals surface area contributed by atoms with Crippen LogP contribution in [0.1, 0.15) is 58.1 Å². The number of nitrogens with one attached hydrogen (secondary N) is 1. The fourth-order valence-corrected chi connectivity index (χ4v) is 3.21. The molecule has 1 heteroatoms. The maximum absolute atomic E-state index is 3.87. The minimum absolute atomic E-state index is 0.488. The first kappa shape index (κ1) is 13.6. The van der Waals surface area contributed by atoms with Gasteiger partial charge in [0.05, 0.1) is 0 Å². The van der Waals surface area contributed by atoms with E-state index in [2.05, 4.69) is 56.4 Å². The van der Waals surface area contributed by atoms with E-state index < -0.39 is 0 Å². The Morgan fingerprint density at radius 2 is 1.61 bits per heavy atom. The van der Waals surface area contributed by atoms with E-state index in [0.29, 0.717) is 18.0 Å². The third-order valence-corrected chi connectivity index (χ3v) is 4.37. The monoisotopic (exact) mass is 245 g/mol. The van der Waals surface area contributed by atoms with Gasteiger partial charge in [-0.05, 0) is 37.2 Å². The second-order valence-corrected chi connectivity index (χ2v) is 6.13. The van der Waals surface area contributed by atoms with E-state index in [1.807, 2.05) is 0 Å². The second-order valence-electron chi connectivity index (χ2n) is 6.13. The predicted molar refractivity (Wildman–Crippen MR) is 78.6 cm³/mol. The Morgan fingerprint density at radius 3 is 2.17 bits per heavy atom. The standard InChI is InChI=1S/C17H27N/c1-13(2)17(16-11-5-4-6-12-16)18-14(3)15-9-7-8-10-15/h4-6,11-15,17-18H,7-10H2,1-3H3/t14-,17?/m1/s1. The van der Waals surface area contributed by atoms with Gasteiger partial charge in [0.1, 0.15) is 0 Å². The molecule has 1 N–H and O–H groups in total. The highest BCUT2D eigenvalue weighted by molar-refractivity contribution is 5.19. The minimum Gasteiger partial charge on any atom is -0.307 e. The van der Waals surface area contributed by atoms with Crippen molar-refractivity contribution in [1.29, 1.82) is 0 Å². The zero-order chi connectivity index (χ0) is 13.0. The molecule has 18 heavy (non-hydrogen) atoms. The lowest BCUT2D eigenvalue weighted by Gasteiger charge is -2.30. The lowest BCUT2D eigenvalue weighted by Crippen LogP contribution is -2.37. The molecule has 0 heterocycles. The van der Waals surface area contributed by atoms with Gasteiger partial charge >= 0.3 is 0 Å². The van der Waals surface area contributed by atoms with Gasteiger partial charge in [-0.25, -0.2) is 0 Å². The highest BCUT2D eigenvalue weighted by atomic mass is 15.0. The van der Waals surface area contributed by atoms with E-state index in [9.17, 15) is 0 Å². The molecule has 1 aromatic carbocycles. The smallest absolute Gasteiger partial charge is 0.0345 e.